The van der Waals surface area contributed by atoms with Crippen LogP contribution in [0.15, 0.2) is 51.8 Å². The summed E-state index contributed by atoms with van der Waals surface area (Å²) in [4.78, 5) is 12.6. The Bertz CT molecular complexity index is 1200. The molecule has 1 aliphatic carbocycles. The van der Waals surface area contributed by atoms with E-state index in [1.807, 2.05) is 32.0 Å². The number of anilines is 1. The second-order valence-electron chi connectivity index (χ2n) is 7.46. The maximum Gasteiger partial charge on any atom is 0.322 e. The maximum absolute atomic E-state index is 12.6. The van der Waals surface area contributed by atoms with E-state index in [9.17, 15) is 13.2 Å². The first-order valence-corrected chi connectivity index (χ1v) is 11.0. The van der Waals surface area contributed by atoms with Crippen molar-refractivity contribution in [1.82, 2.24) is 14.5 Å². The Morgan fingerprint density at radius 2 is 1.80 bits per heavy atom. The normalized spacial score (nSPS) is 14.1. The van der Waals surface area contributed by atoms with E-state index >= 15 is 0 Å². The summed E-state index contributed by atoms with van der Waals surface area (Å²) in [6.07, 6.45) is 1.76. The van der Waals surface area contributed by atoms with Crippen molar-refractivity contribution in [1.29, 1.82) is 0 Å². The van der Waals surface area contributed by atoms with Gasteiger partial charge in [-0.3, -0.25) is 10.1 Å². The van der Waals surface area contributed by atoms with E-state index in [4.69, 9.17) is 4.42 Å². The lowest BCUT2D eigenvalue weighted by molar-refractivity contribution is 0.102. The number of carbonyl (C=O) groups excluding carboxylic acids is 1. The number of nitrogens with one attached hydrogen (secondary N) is 1. The molecule has 8 nitrogen and oxygen atoms in total. The number of nitrogens with zero attached hydrogens (tertiary/aromatic N) is 3. The quantitative estimate of drug-likeness (QED) is 0.648. The van der Waals surface area contributed by atoms with Crippen LogP contribution in [0.5, 0.6) is 0 Å². The molecule has 1 fully saturated rings. The highest BCUT2D eigenvalue weighted by Gasteiger charge is 2.35. The second kappa shape index (κ2) is 7.66. The van der Waals surface area contributed by atoms with Gasteiger partial charge in [-0.05, 0) is 62.6 Å². The molecule has 0 saturated heterocycles. The molecule has 30 heavy (non-hydrogen) atoms. The van der Waals surface area contributed by atoms with E-state index in [2.05, 4.69) is 15.5 Å². The molecule has 1 aromatic heterocycles. The van der Waals surface area contributed by atoms with Crippen molar-refractivity contribution in [3.63, 3.8) is 0 Å². The number of carbonyl (C=O) groups is 1. The minimum Gasteiger partial charge on any atom is -0.403 e. The molecule has 0 unspecified atom stereocenters. The topological polar surface area (TPSA) is 105 Å². The zero-order valence-corrected chi connectivity index (χ0v) is 17.7. The fourth-order valence-corrected chi connectivity index (χ4v) is 4.60. The van der Waals surface area contributed by atoms with Crippen molar-refractivity contribution in [2.75, 3.05) is 12.4 Å². The van der Waals surface area contributed by atoms with Crippen LogP contribution in [-0.2, 0) is 10.0 Å². The molecule has 0 spiro atoms. The number of amides is 1. The van der Waals surface area contributed by atoms with Crippen LogP contribution in [0.4, 0.5) is 6.01 Å². The Kier molecular flexibility index (Phi) is 5.17. The molecule has 0 aliphatic heterocycles. The smallest absolute Gasteiger partial charge is 0.322 e. The molecule has 0 radical (unpaired) electrons. The van der Waals surface area contributed by atoms with Crippen LogP contribution in [0, 0.1) is 13.8 Å². The average molecular weight is 426 g/mol. The number of aryl methyl sites for hydroxylation is 2. The monoisotopic (exact) mass is 426 g/mol. The number of hydrogen-bond acceptors (Lipinski definition) is 6. The summed E-state index contributed by atoms with van der Waals surface area (Å²) < 4.78 is 32.1. The van der Waals surface area contributed by atoms with Crippen LogP contribution in [0.1, 0.15) is 34.3 Å². The maximum atomic E-state index is 12.6. The fourth-order valence-electron chi connectivity index (χ4n) is 3.18. The van der Waals surface area contributed by atoms with E-state index in [1.165, 1.54) is 28.6 Å². The number of benzene rings is 2. The summed E-state index contributed by atoms with van der Waals surface area (Å²) in [5.74, 6) is -0.155. The first-order valence-electron chi connectivity index (χ1n) is 9.56. The lowest BCUT2D eigenvalue weighted by Gasteiger charge is -2.16. The van der Waals surface area contributed by atoms with Gasteiger partial charge < -0.3 is 4.42 Å². The third-order valence-corrected chi connectivity index (χ3v) is 7.04. The van der Waals surface area contributed by atoms with Gasteiger partial charge in [-0.1, -0.05) is 22.8 Å². The first kappa shape index (κ1) is 20.2. The zero-order chi connectivity index (χ0) is 21.5. The molecule has 0 bridgehead atoms. The lowest BCUT2D eigenvalue weighted by Crippen LogP contribution is -2.29. The third kappa shape index (κ3) is 3.99. The van der Waals surface area contributed by atoms with E-state index in [0.29, 0.717) is 5.89 Å². The van der Waals surface area contributed by atoms with Gasteiger partial charge in [-0.25, -0.2) is 8.42 Å². The summed E-state index contributed by atoms with van der Waals surface area (Å²) >= 11 is 0. The van der Waals surface area contributed by atoms with E-state index in [-0.39, 0.29) is 22.5 Å². The average Bonchev–Trinajstić information content (AvgIpc) is 3.47. The van der Waals surface area contributed by atoms with Crippen LogP contribution in [0.3, 0.4) is 0 Å². The molecule has 1 amide bonds. The van der Waals surface area contributed by atoms with E-state index in [1.54, 1.807) is 7.05 Å². The van der Waals surface area contributed by atoms with Gasteiger partial charge in [0.15, 0.2) is 0 Å². The van der Waals surface area contributed by atoms with Crippen LogP contribution in [-0.4, -0.2) is 41.9 Å². The van der Waals surface area contributed by atoms with Gasteiger partial charge in [-0.2, -0.15) is 4.31 Å². The Balaban J connectivity index is 1.47. The fraction of sp³-hybridized carbons (Fsp3) is 0.286. The minimum absolute atomic E-state index is 0.0276. The number of aromatic nitrogens is 2. The Morgan fingerprint density at radius 1 is 1.10 bits per heavy atom. The standard InChI is InChI=1S/C21H22N4O4S/c1-13-4-11-18(14(2)12-13)20-23-24-21(29-20)22-19(26)15-5-9-17(10-6-15)30(27,28)25(3)16-7-8-16/h4-6,9-12,16H,7-8H2,1-3H3,(H,22,24,26). The molecule has 9 heteroatoms. The Morgan fingerprint density at radius 3 is 2.43 bits per heavy atom. The van der Waals surface area contributed by atoms with Gasteiger partial charge in [-0.15, -0.1) is 5.10 Å². The van der Waals surface area contributed by atoms with Crippen LogP contribution < -0.4 is 5.32 Å². The van der Waals surface area contributed by atoms with Gasteiger partial charge >= 0.3 is 6.01 Å². The highest BCUT2D eigenvalue weighted by Crippen LogP contribution is 2.30. The largest absolute Gasteiger partial charge is 0.403 e. The highest BCUT2D eigenvalue weighted by atomic mass is 32.2. The summed E-state index contributed by atoms with van der Waals surface area (Å²) in [7, 11) is -1.97. The van der Waals surface area contributed by atoms with Crippen LogP contribution in [0.2, 0.25) is 0 Å². The molecule has 156 valence electrons. The van der Waals surface area contributed by atoms with Gasteiger partial charge in [0.25, 0.3) is 5.91 Å². The van der Waals surface area contributed by atoms with Crippen LogP contribution >= 0.6 is 0 Å². The number of sulfonamides is 1. The molecule has 1 aliphatic rings. The number of hydrogen-bond donors (Lipinski definition) is 1. The van der Waals surface area contributed by atoms with Gasteiger partial charge in [0.05, 0.1) is 4.90 Å². The van der Waals surface area contributed by atoms with Crippen molar-refractivity contribution < 1.29 is 17.6 Å². The van der Waals surface area contributed by atoms with E-state index in [0.717, 1.165) is 29.5 Å². The van der Waals surface area contributed by atoms with Gasteiger partial charge in [0.2, 0.25) is 15.9 Å². The summed E-state index contributed by atoms with van der Waals surface area (Å²) in [6.45, 7) is 3.94. The predicted molar refractivity (Wildman–Crippen MR) is 112 cm³/mol. The molecule has 0 atom stereocenters. The Labute approximate surface area is 175 Å². The highest BCUT2D eigenvalue weighted by molar-refractivity contribution is 7.89. The molecule has 1 heterocycles. The Hall–Kier alpha value is -3.04. The second-order valence-corrected chi connectivity index (χ2v) is 9.46. The van der Waals surface area contributed by atoms with Crippen molar-refractivity contribution in [2.24, 2.45) is 0 Å². The first-order chi connectivity index (χ1) is 14.3. The van der Waals surface area contributed by atoms with Crippen molar-refractivity contribution in [2.45, 2.75) is 37.6 Å². The number of rotatable bonds is 6. The summed E-state index contributed by atoms with van der Waals surface area (Å²) in [5.41, 5.74) is 3.19. The van der Waals surface area contributed by atoms with Crippen molar-refractivity contribution in [3.05, 3.63) is 59.2 Å². The molecular formula is C21H22N4O4S. The lowest BCUT2D eigenvalue weighted by atomic mass is 10.1. The molecule has 2 aromatic carbocycles. The third-order valence-electron chi connectivity index (χ3n) is 5.11. The summed E-state index contributed by atoms with van der Waals surface area (Å²) in [6, 6.07) is 11.7. The van der Waals surface area contributed by atoms with E-state index < -0.39 is 15.9 Å². The SMILES string of the molecule is Cc1ccc(-c2nnc(NC(=O)c3ccc(S(=O)(=O)N(C)C4CC4)cc3)o2)c(C)c1. The summed E-state index contributed by atoms with van der Waals surface area (Å²) in [5, 5.41) is 10.4. The molecule has 3 aromatic rings. The van der Waals surface area contributed by atoms with Crippen molar-refractivity contribution >= 4 is 21.9 Å². The van der Waals surface area contributed by atoms with Crippen molar-refractivity contribution in [3.8, 4) is 11.5 Å². The molecule has 1 saturated carbocycles. The molecule has 1 N–H and O–H groups in total. The minimum atomic E-state index is -3.55. The molecule has 4 rings (SSSR count). The predicted octanol–water partition coefficient (Wildman–Crippen LogP) is 3.39. The van der Waals surface area contributed by atoms with Gasteiger partial charge in [0, 0.05) is 24.2 Å². The molecular weight excluding hydrogens is 404 g/mol. The van der Waals surface area contributed by atoms with Crippen LogP contribution in [0.25, 0.3) is 11.5 Å². The van der Waals surface area contributed by atoms with Gasteiger partial charge in [0.1, 0.15) is 0 Å². The zero-order valence-electron chi connectivity index (χ0n) is 16.9.